The number of piperazine rings is 1. The third-order valence-electron chi connectivity index (χ3n) is 4.96. The molecule has 0 aliphatic carbocycles. The summed E-state index contributed by atoms with van der Waals surface area (Å²) in [4.78, 5) is 19.3. The molecule has 5 heteroatoms. The van der Waals surface area contributed by atoms with Gasteiger partial charge in [-0.3, -0.25) is 14.7 Å². The van der Waals surface area contributed by atoms with Crippen LogP contribution in [0, 0.1) is 6.92 Å². The maximum absolute atomic E-state index is 12.8. The second-order valence-electron chi connectivity index (χ2n) is 7.22. The Morgan fingerprint density at radius 2 is 2.19 bits per heavy atom. The van der Waals surface area contributed by atoms with Gasteiger partial charge in [-0.25, -0.2) is 0 Å². The van der Waals surface area contributed by atoms with E-state index < -0.39 is 0 Å². The number of pyridine rings is 1. The van der Waals surface area contributed by atoms with Crippen LogP contribution in [0.15, 0.2) is 42.7 Å². The lowest BCUT2D eigenvalue weighted by Gasteiger charge is -2.35. The lowest BCUT2D eigenvalue weighted by molar-refractivity contribution is -0.118. The monoisotopic (exact) mass is 352 g/mol. The van der Waals surface area contributed by atoms with Crippen LogP contribution in [-0.4, -0.2) is 42.0 Å². The van der Waals surface area contributed by atoms with Crippen molar-refractivity contribution in [1.29, 1.82) is 0 Å². The van der Waals surface area contributed by atoms with Crippen LogP contribution in [0.4, 0.5) is 5.69 Å². The summed E-state index contributed by atoms with van der Waals surface area (Å²) in [6.45, 7) is 9.31. The molecule has 1 aliphatic rings. The Balaban J connectivity index is 1.73. The zero-order valence-electron chi connectivity index (χ0n) is 15.8. The first-order valence-electron chi connectivity index (χ1n) is 9.30. The number of para-hydroxylation sites is 1. The van der Waals surface area contributed by atoms with E-state index in [9.17, 15) is 4.79 Å². The Kier molecular flexibility index (Phi) is 6.01. The molecule has 2 aromatic rings. The van der Waals surface area contributed by atoms with E-state index >= 15 is 0 Å². The van der Waals surface area contributed by atoms with Crippen molar-refractivity contribution in [3.8, 4) is 0 Å². The van der Waals surface area contributed by atoms with E-state index in [-0.39, 0.29) is 11.9 Å². The molecule has 26 heavy (non-hydrogen) atoms. The van der Waals surface area contributed by atoms with Crippen LogP contribution < -0.4 is 10.6 Å². The van der Waals surface area contributed by atoms with Gasteiger partial charge in [0, 0.05) is 43.8 Å². The lowest BCUT2D eigenvalue weighted by Crippen LogP contribution is -2.48. The van der Waals surface area contributed by atoms with Crippen LogP contribution in [0.5, 0.6) is 0 Å². The van der Waals surface area contributed by atoms with Gasteiger partial charge in [0.15, 0.2) is 0 Å². The Morgan fingerprint density at radius 1 is 1.35 bits per heavy atom. The fraction of sp³-hybridized carbons (Fsp3) is 0.429. The molecule has 1 atom stereocenters. The van der Waals surface area contributed by atoms with Gasteiger partial charge in [0.2, 0.25) is 5.91 Å². The number of aromatic nitrogens is 1. The van der Waals surface area contributed by atoms with Crippen molar-refractivity contribution in [1.82, 2.24) is 15.2 Å². The quantitative estimate of drug-likeness (QED) is 0.868. The minimum Gasteiger partial charge on any atom is -0.324 e. The predicted octanol–water partition coefficient (Wildman–Crippen LogP) is 3.10. The van der Waals surface area contributed by atoms with Gasteiger partial charge in [-0.05, 0) is 35.6 Å². The summed E-state index contributed by atoms with van der Waals surface area (Å²) in [6.07, 6.45) is 3.67. The average Bonchev–Trinajstić information content (AvgIpc) is 2.64. The van der Waals surface area contributed by atoms with Crippen molar-refractivity contribution in [2.45, 2.75) is 32.7 Å². The van der Waals surface area contributed by atoms with E-state index in [0.29, 0.717) is 12.5 Å². The number of nitrogens with zero attached hydrogens (tertiary/aromatic N) is 2. The van der Waals surface area contributed by atoms with E-state index in [1.165, 1.54) is 5.56 Å². The summed E-state index contributed by atoms with van der Waals surface area (Å²) in [5, 5.41) is 6.58. The number of amides is 1. The molecule has 0 bridgehead atoms. The fourth-order valence-electron chi connectivity index (χ4n) is 3.54. The van der Waals surface area contributed by atoms with Crippen molar-refractivity contribution in [2.75, 3.05) is 31.5 Å². The molecule has 5 nitrogen and oxygen atoms in total. The summed E-state index contributed by atoms with van der Waals surface area (Å²) in [5.74, 6) is 0.407. The summed E-state index contributed by atoms with van der Waals surface area (Å²) in [6, 6.07) is 10.4. The van der Waals surface area contributed by atoms with Gasteiger partial charge in [-0.15, -0.1) is 0 Å². The smallest absolute Gasteiger partial charge is 0.238 e. The molecule has 0 radical (unpaired) electrons. The number of nitrogens with one attached hydrogen (secondary N) is 2. The van der Waals surface area contributed by atoms with Crippen molar-refractivity contribution < 1.29 is 4.79 Å². The van der Waals surface area contributed by atoms with Crippen molar-refractivity contribution in [3.63, 3.8) is 0 Å². The molecule has 1 amide bonds. The molecule has 0 saturated carbocycles. The van der Waals surface area contributed by atoms with Crippen LogP contribution in [0.2, 0.25) is 0 Å². The highest BCUT2D eigenvalue weighted by Crippen LogP contribution is 2.28. The molecule has 1 aliphatic heterocycles. The van der Waals surface area contributed by atoms with E-state index in [2.05, 4.69) is 52.6 Å². The summed E-state index contributed by atoms with van der Waals surface area (Å²) >= 11 is 0. The van der Waals surface area contributed by atoms with Gasteiger partial charge in [0.05, 0.1) is 6.54 Å². The maximum atomic E-state index is 12.8. The normalized spacial score (nSPS) is 18.1. The maximum Gasteiger partial charge on any atom is 0.238 e. The number of carbonyl (C=O) groups excluding carboxylic acids is 1. The average molecular weight is 352 g/mol. The van der Waals surface area contributed by atoms with Crippen molar-refractivity contribution in [3.05, 3.63) is 59.4 Å². The number of hydrogen-bond acceptors (Lipinski definition) is 4. The molecular weight excluding hydrogens is 324 g/mol. The minimum atomic E-state index is 0.0389. The molecule has 1 unspecified atom stereocenters. The first kappa shape index (κ1) is 18.5. The summed E-state index contributed by atoms with van der Waals surface area (Å²) in [5.41, 5.74) is 4.39. The summed E-state index contributed by atoms with van der Waals surface area (Å²) in [7, 11) is 0. The van der Waals surface area contributed by atoms with E-state index in [1.54, 1.807) is 6.20 Å². The van der Waals surface area contributed by atoms with Crippen LogP contribution in [0.1, 0.15) is 42.5 Å². The SMILES string of the molecule is Cc1cccc(C(C)C)c1NC(=O)CN1CCNCC1c1cccnc1. The van der Waals surface area contributed by atoms with Gasteiger partial charge in [-0.2, -0.15) is 0 Å². The Morgan fingerprint density at radius 3 is 2.92 bits per heavy atom. The van der Waals surface area contributed by atoms with E-state index in [4.69, 9.17) is 0 Å². The van der Waals surface area contributed by atoms with Crippen LogP contribution >= 0.6 is 0 Å². The number of hydrogen-bond donors (Lipinski definition) is 2. The zero-order chi connectivity index (χ0) is 18.5. The predicted molar refractivity (Wildman–Crippen MR) is 105 cm³/mol. The molecule has 3 rings (SSSR count). The van der Waals surface area contributed by atoms with Crippen LogP contribution in [0.25, 0.3) is 0 Å². The minimum absolute atomic E-state index is 0.0389. The molecule has 0 spiro atoms. The molecule has 1 saturated heterocycles. The second-order valence-corrected chi connectivity index (χ2v) is 7.22. The van der Waals surface area contributed by atoms with Crippen molar-refractivity contribution in [2.24, 2.45) is 0 Å². The molecule has 1 aromatic heterocycles. The molecule has 1 aromatic carbocycles. The standard InChI is InChI=1S/C21H28N4O/c1-15(2)18-8-4-6-16(3)21(18)24-20(26)14-25-11-10-23-13-19(25)17-7-5-9-22-12-17/h4-9,12,15,19,23H,10-11,13-14H2,1-3H3,(H,24,26). The first-order valence-corrected chi connectivity index (χ1v) is 9.30. The van der Waals surface area contributed by atoms with Crippen LogP contribution in [0.3, 0.4) is 0 Å². The number of anilines is 1. The van der Waals surface area contributed by atoms with Gasteiger partial charge in [0.1, 0.15) is 0 Å². The third kappa shape index (κ3) is 4.29. The lowest BCUT2D eigenvalue weighted by atomic mass is 9.98. The highest BCUT2D eigenvalue weighted by molar-refractivity contribution is 5.94. The van der Waals surface area contributed by atoms with E-state index in [0.717, 1.165) is 36.4 Å². The molecule has 2 heterocycles. The number of rotatable bonds is 5. The fourth-order valence-corrected chi connectivity index (χ4v) is 3.54. The number of benzene rings is 1. The van der Waals surface area contributed by atoms with Crippen molar-refractivity contribution >= 4 is 11.6 Å². The van der Waals surface area contributed by atoms with E-state index in [1.807, 2.05) is 25.3 Å². The second kappa shape index (κ2) is 8.43. The van der Waals surface area contributed by atoms with Crippen LogP contribution in [-0.2, 0) is 4.79 Å². The first-order chi connectivity index (χ1) is 12.6. The molecule has 2 N–H and O–H groups in total. The summed E-state index contributed by atoms with van der Waals surface area (Å²) < 4.78 is 0. The largest absolute Gasteiger partial charge is 0.324 e. The zero-order valence-corrected chi connectivity index (χ0v) is 15.8. The Bertz CT molecular complexity index is 745. The molecule has 138 valence electrons. The Labute approximate surface area is 155 Å². The number of carbonyl (C=O) groups is 1. The van der Waals surface area contributed by atoms with Gasteiger partial charge >= 0.3 is 0 Å². The van der Waals surface area contributed by atoms with Gasteiger partial charge < -0.3 is 10.6 Å². The highest BCUT2D eigenvalue weighted by Gasteiger charge is 2.26. The van der Waals surface area contributed by atoms with Gasteiger partial charge in [-0.1, -0.05) is 38.1 Å². The molecule has 1 fully saturated rings. The third-order valence-corrected chi connectivity index (χ3v) is 4.96. The van der Waals surface area contributed by atoms with Gasteiger partial charge in [0.25, 0.3) is 0 Å². The number of aryl methyl sites for hydroxylation is 1. The topological polar surface area (TPSA) is 57.3 Å². The molecular formula is C21H28N4O. The highest BCUT2D eigenvalue weighted by atomic mass is 16.2. The Hall–Kier alpha value is -2.24.